The normalized spacial score (nSPS) is 12.1. The average molecular weight is 221 g/mol. The van der Waals surface area contributed by atoms with Crippen LogP contribution in [0.1, 0.15) is 37.0 Å². The maximum Gasteiger partial charge on any atom is 0.248 e. The molecule has 5 N–H and O–H groups in total. The summed E-state index contributed by atoms with van der Waals surface area (Å²) in [5, 5.41) is 3.27. The Labute approximate surface area is 96.0 Å². The lowest BCUT2D eigenvalue weighted by atomic mass is 10.1. The number of nitrogens with one attached hydrogen (secondary N) is 1. The minimum absolute atomic E-state index is 0.329. The highest BCUT2D eigenvalue weighted by Gasteiger charge is 2.07. The zero-order valence-corrected chi connectivity index (χ0v) is 9.79. The van der Waals surface area contributed by atoms with Gasteiger partial charge < -0.3 is 16.8 Å². The van der Waals surface area contributed by atoms with Gasteiger partial charge in [-0.1, -0.05) is 13.3 Å². The quantitative estimate of drug-likeness (QED) is 0.665. The second-order valence-electron chi connectivity index (χ2n) is 4.00. The van der Waals surface area contributed by atoms with E-state index < -0.39 is 5.91 Å². The predicted octanol–water partition coefficient (Wildman–Crippen LogP) is 1.97. The molecule has 1 aromatic rings. The lowest BCUT2D eigenvalue weighted by molar-refractivity contribution is 0.100. The van der Waals surface area contributed by atoms with Gasteiger partial charge in [0.15, 0.2) is 0 Å². The molecule has 0 saturated heterocycles. The fourth-order valence-electron chi connectivity index (χ4n) is 1.61. The van der Waals surface area contributed by atoms with Gasteiger partial charge >= 0.3 is 0 Å². The van der Waals surface area contributed by atoms with Gasteiger partial charge in [0.2, 0.25) is 5.91 Å². The first-order valence-electron chi connectivity index (χ1n) is 5.50. The molecule has 0 saturated carbocycles. The van der Waals surface area contributed by atoms with Gasteiger partial charge in [-0.2, -0.15) is 0 Å². The van der Waals surface area contributed by atoms with Crippen molar-refractivity contribution in [1.29, 1.82) is 0 Å². The van der Waals surface area contributed by atoms with Gasteiger partial charge in [0.25, 0.3) is 0 Å². The Bertz CT molecular complexity index is 377. The minimum Gasteiger partial charge on any atom is -0.397 e. The summed E-state index contributed by atoms with van der Waals surface area (Å²) in [5.41, 5.74) is 12.9. The Kier molecular flexibility index (Phi) is 4.17. The summed E-state index contributed by atoms with van der Waals surface area (Å²) in [6.07, 6.45) is 2.16. The van der Waals surface area contributed by atoms with E-state index in [1.54, 1.807) is 18.2 Å². The van der Waals surface area contributed by atoms with Crippen molar-refractivity contribution in [3.8, 4) is 0 Å². The van der Waals surface area contributed by atoms with Gasteiger partial charge in [-0.25, -0.2) is 0 Å². The number of primary amides is 1. The van der Waals surface area contributed by atoms with E-state index in [1.807, 2.05) is 0 Å². The summed E-state index contributed by atoms with van der Waals surface area (Å²) in [7, 11) is 0. The molecule has 0 heterocycles. The van der Waals surface area contributed by atoms with E-state index in [0.717, 1.165) is 18.5 Å². The van der Waals surface area contributed by atoms with E-state index in [4.69, 9.17) is 11.5 Å². The van der Waals surface area contributed by atoms with Crippen molar-refractivity contribution >= 4 is 17.3 Å². The van der Waals surface area contributed by atoms with E-state index >= 15 is 0 Å². The summed E-state index contributed by atoms with van der Waals surface area (Å²) in [5.74, 6) is -0.439. The maximum absolute atomic E-state index is 11.0. The molecule has 1 aromatic carbocycles. The van der Waals surface area contributed by atoms with Crippen LogP contribution in [0.25, 0.3) is 0 Å². The number of benzene rings is 1. The zero-order chi connectivity index (χ0) is 12.1. The molecule has 0 aliphatic carbocycles. The smallest absolute Gasteiger partial charge is 0.248 e. The molecule has 0 spiro atoms. The molecule has 1 unspecified atom stereocenters. The van der Waals surface area contributed by atoms with Crippen LogP contribution in [0.15, 0.2) is 18.2 Å². The number of carbonyl (C=O) groups excluding carboxylic acids is 1. The highest BCUT2D eigenvalue weighted by molar-refractivity contribution is 5.94. The third kappa shape index (κ3) is 3.15. The van der Waals surface area contributed by atoms with Gasteiger partial charge in [0.1, 0.15) is 0 Å². The first-order chi connectivity index (χ1) is 7.54. The molecule has 0 aliphatic heterocycles. The molecule has 0 aliphatic rings. The minimum atomic E-state index is -0.439. The van der Waals surface area contributed by atoms with Crippen molar-refractivity contribution in [2.45, 2.75) is 32.7 Å². The second-order valence-corrected chi connectivity index (χ2v) is 4.00. The predicted molar refractivity (Wildman–Crippen MR) is 67.4 cm³/mol. The van der Waals surface area contributed by atoms with Crippen molar-refractivity contribution < 1.29 is 4.79 Å². The van der Waals surface area contributed by atoms with Crippen molar-refractivity contribution in [2.75, 3.05) is 11.1 Å². The summed E-state index contributed by atoms with van der Waals surface area (Å²) >= 11 is 0. The molecule has 0 bridgehead atoms. The largest absolute Gasteiger partial charge is 0.397 e. The Balaban J connectivity index is 2.85. The van der Waals surface area contributed by atoms with Crippen LogP contribution < -0.4 is 16.8 Å². The lowest BCUT2D eigenvalue weighted by Crippen LogP contribution is -2.17. The molecule has 0 fully saturated rings. The van der Waals surface area contributed by atoms with Crippen molar-refractivity contribution in [3.05, 3.63) is 23.8 Å². The Morgan fingerprint density at radius 1 is 1.50 bits per heavy atom. The number of nitrogen functional groups attached to an aromatic ring is 1. The highest BCUT2D eigenvalue weighted by atomic mass is 16.1. The Morgan fingerprint density at radius 2 is 2.19 bits per heavy atom. The van der Waals surface area contributed by atoms with Crippen LogP contribution in [0, 0.1) is 0 Å². The molecular weight excluding hydrogens is 202 g/mol. The van der Waals surface area contributed by atoms with E-state index in [2.05, 4.69) is 19.2 Å². The Hall–Kier alpha value is -1.71. The van der Waals surface area contributed by atoms with Crippen LogP contribution >= 0.6 is 0 Å². The van der Waals surface area contributed by atoms with Crippen molar-refractivity contribution in [1.82, 2.24) is 0 Å². The van der Waals surface area contributed by atoms with Crippen LogP contribution in [0.4, 0.5) is 11.4 Å². The maximum atomic E-state index is 11.0. The fraction of sp³-hybridized carbons (Fsp3) is 0.417. The molecule has 1 atom stereocenters. The first kappa shape index (κ1) is 12.4. The number of carbonyl (C=O) groups is 1. The Morgan fingerprint density at radius 3 is 2.75 bits per heavy atom. The van der Waals surface area contributed by atoms with Crippen LogP contribution in [0.5, 0.6) is 0 Å². The van der Waals surface area contributed by atoms with Crippen molar-refractivity contribution in [3.63, 3.8) is 0 Å². The first-order valence-corrected chi connectivity index (χ1v) is 5.50. The van der Waals surface area contributed by atoms with Gasteiger partial charge in [0.05, 0.1) is 11.4 Å². The van der Waals surface area contributed by atoms with E-state index in [9.17, 15) is 4.79 Å². The highest BCUT2D eigenvalue weighted by Crippen LogP contribution is 2.21. The van der Waals surface area contributed by atoms with Gasteiger partial charge in [-0.15, -0.1) is 0 Å². The van der Waals surface area contributed by atoms with Crippen LogP contribution in [-0.2, 0) is 0 Å². The number of nitrogens with two attached hydrogens (primary N) is 2. The fourth-order valence-corrected chi connectivity index (χ4v) is 1.61. The number of hydrogen-bond acceptors (Lipinski definition) is 3. The number of amides is 1. The summed E-state index contributed by atoms with van der Waals surface area (Å²) in [4.78, 5) is 11.0. The number of hydrogen-bond donors (Lipinski definition) is 3. The molecule has 0 aromatic heterocycles. The topological polar surface area (TPSA) is 81.1 Å². The summed E-state index contributed by atoms with van der Waals surface area (Å²) in [6, 6.07) is 5.36. The monoisotopic (exact) mass is 221 g/mol. The van der Waals surface area contributed by atoms with E-state index in [1.165, 1.54) is 0 Å². The third-order valence-electron chi connectivity index (χ3n) is 2.46. The molecule has 4 heteroatoms. The third-order valence-corrected chi connectivity index (χ3v) is 2.46. The van der Waals surface area contributed by atoms with Crippen LogP contribution in [-0.4, -0.2) is 11.9 Å². The second kappa shape index (κ2) is 5.39. The molecule has 88 valence electrons. The summed E-state index contributed by atoms with van der Waals surface area (Å²) < 4.78 is 0. The molecule has 4 nitrogen and oxygen atoms in total. The van der Waals surface area contributed by atoms with Crippen LogP contribution in [0.2, 0.25) is 0 Å². The van der Waals surface area contributed by atoms with Crippen molar-refractivity contribution in [2.24, 2.45) is 5.73 Å². The van der Waals surface area contributed by atoms with Crippen LogP contribution in [0.3, 0.4) is 0 Å². The SMILES string of the molecule is CCCC(C)Nc1cc(C(N)=O)ccc1N. The van der Waals surface area contributed by atoms with Gasteiger partial charge in [-0.05, 0) is 31.5 Å². The van der Waals surface area contributed by atoms with Gasteiger partial charge in [0, 0.05) is 11.6 Å². The molecule has 1 rings (SSSR count). The van der Waals surface area contributed by atoms with E-state index in [0.29, 0.717) is 17.3 Å². The molecule has 1 amide bonds. The molecular formula is C12H19N3O. The standard InChI is InChI=1S/C12H19N3O/c1-3-4-8(2)15-11-7-9(12(14)16)5-6-10(11)13/h5-8,15H,3-4,13H2,1-2H3,(H2,14,16). The summed E-state index contributed by atoms with van der Waals surface area (Å²) in [6.45, 7) is 4.21. The zero-order valence-electron chi connectivity index (χ0n) is 9.79. The molecule has 16 heavy (non-hydrogen) atoms. The number of rotatable bonds is 5. The van der Waals surface area contributed by atoms with Gasteiger partial charge in [-0.3, -0.25) is 4.79 Å². The lowest BCUT2D eigenvalue weighted by Gasteiger charge is -2.16. The van der Waals surface area contributed by atoms with E-state index in [-0.39, 0.29) is 0 Å². The molecule has 0 radical (unpaired) electrons. The average Bonchev–Trinajstić information content (AvgIpc) is 2.21. The number of anilines is 2.